The van der Waals surface area contributed by atoms with E-state index in [1.165, 1.54) is 0 Å². The number of hydrogen-bond acceptors (Lipinski definition) is 2. The quantitative estimate of drug-likeness (QED) is 0.767. The summed E-state index contributed by atoms with van der Waals surface area (Å²) in [5.41, 5.74) is -0.0403. The molecule has 0 aromatic heterocycles. The van der Waals surface area contributed by atoms with Gasteiger partial charge in [-0.1, -0.05) is 27.2 Å². The van der Waals surface area contributed by atoms with E-state index in [1.54, 1.807) is 0 Å². The van der Waals surface area contributed by atoms with E-state index >= 15 is 0 Å². The Kier molecular flexibility index (Phi) is 3.79. The van der Waals surface area contributed by atoms with Gasteiger partial charge in [0, 0.05) is 12.3 Å². The summed E-state index contributed by atoms with van der Waals surface area (Å²) < 4.78 is 0. The lowest BCUT2D eigenvalue weighted by Crippen LogP contribution is -2.54. The van der Waals surface area contributed by atoms with Crippen molar-refractivity contribution in [3.63, 3.8) is 0 Å². The fourth-order valence-corrected chi connectivity index (χ4v) is 3.94. The first-order chi connectivity index (χ1) is 8.48. The van der Waals surface area contributed by atoms with E-state index in [4.69, 9.17) is 0 Å². The topological polar surface area (TPSA) is 46.2 Å². The number of carbonyl (C=O) groups excluding carboxylic acids is 2. The van der Waals surface area contributed by atoms with Crippen LogP contribution in [0.2, 0.25) is 0 Å². The normalized spacial score (nSPS) is 40.9. The van der Waals surface area contributed by atoms with E-state index in [0.29, 0.717) is 12.3 Å². The standard InChI is InChI=1S/C15H25NO2/c1-4-5-12-14(18)16-13(17)9-15(12)7-6-10(2)11(3)8-15/h10-12H,4-9H2,1-3H3,(H,16,17,18). The SMILES string of the molecule is CCCC1C(=O)NC(=O)CC12CCC(C)C(C)C2. The highest BCUT2D eigenvalue weighted by Gasteiger charge is 2.50. The molecule has 2 aliphatic rings. The smallest absolute Gasteiger partial charge is 0.230 e. The number of nitrogens with one attached hydrogen (secondary N) is 1. The van der Waals surface area contributed by atoms with Gasteiger partial charge in [0.15, 0.2) is 0 Å². The van der Waals surface area contributed by atoms with Crippen molar-refractivity contribution in [2.45, 2.75) is 59.3 Å². The van der Waals surface area contributed by atoms with Crippen molar-refractivity contribution in [3.05, 3.63) is 0 Å². The number of piperidine rings is 1. The molecule has 2 rings (SSSR count). The lowest BCUT2D eigenvalue weighted by atomic mass is 9.57. The van der Waals surface area contributed by atoms with Crippen molar-refractivity contribution in [2.24, 2.45) is 23.2 Å². The molecule has 0 bridgehead atoms. The molecule has 3 heteroatoms. The van der Waals surface area contributed by atoms with Gasteiger partial charge in [-0.15, -0.1) is 0 Å². The van der Waals surface area contributed by atoms with Crippen molar-refractivity contribution in [2.75, 3.05) is 0 Å². The highest BCUT2D eigenvalue weighted by Crippen LogP contribution is 2.51. The lowest BCUT2D eigenvalue weighted by Gasteiger charge is -2.49. The molecule has 0 aromatic rings. The maximum atomic E-state index is 12.1. The molecule has 1 N–H and O–H groups in total. The molecule has 1 aliphatic heterocycles. The van der Waals surface area contributed by atoms with Gasteiger partial charge in [0.2, 0.25) is 11.8 Å². The summed E-state index contributed by atoms with van der Waals surface area (Å²) in [5, 5.41) is 2.53. The second kappa shape index (κ2) is 5.02. The van der Waals surface area contributed by atoms with E-state index in [1.807, 2.05) is 0 Å². The van der Waals surface area contributed by atoms with Gasteiger partial charge in [0.1, 0.15) is 0 Å². The molecule has 1 saturated heterocycles. The zero-order chi connectivity index (χ0) is 13.3. The summed E-state index contributed by atoms with van der Waals surface area (Å²) in [6.45, 7) is 6.68. The van der Waals surface area contributed by atoms with Crippen LogP contribution in [0.3, 0.4) is 0 Å². The highest BCUT2D eigenvalue weighted by atomic mass is 16.2. The molecule has 1 heterocycles. The lowest BCUT2D eigenvalue weighted by molar-refractivity contribution is -0.147. The largest absolute Gasteiger partial charge is 0.296 e. The first-order valence-corrected chi connectivity index (χ1v) is 7.32. The van der Waals surface area contributed by atoms with Crippen LogP contribution in [-0.2, 0) is 9.59 Å². The molecule has 0 radical (unpaired) electrons. The molecule has 2 amide bonds. The Labute approximate surface area is 110 Å². The van der Waals surface area contributed by atoms with Crippen LogP contribution in [0.1, 0.15) is 59.3 Å². The molecule has 2 fully saturated rings. The molecule has 0 aromatic carbocycles. The van der Waals surface area contributed by atoms with Crippen LogP contribution in [0.5, 0.6) is 0 Å². The summed E-state index contributed by atoms with van der Waals surface area (Å²) >= 11 is 0. The Bertz CT molecular complexity index is 352. The Hall–Kier alpha value is -0.860. The maximum absolute atomic E-state index is 12.1. The van der Waals surface area contributed by atoms with Crippen molar-refractivity contribution in [3.8, 4) is 0 Å². The molecule has 4 unspecified atom stereocenters. The van der Waals surface area contributed by atoms with Crippen molar-refractivity contribution >= 4 is 11.8 Å². The van der Waals surface area contributed by atoms with Crippen LogP contribution in [0, 0.1) is 23.2 Å². The molecule has 1 saturated carbocycles. The zero-order valence-electron chi connectivity index (χ0n) is 11.8. The number of carbonyl (C=O) groups is 2. The number of imide groups is 1. The number of rotatable bonds is 2. The van der Waals surface area contributed by atoms with Crippen LogP contribution in [-0.4, -0.2) is 11.8 Å². The molecule has 1 aliphatic carbocycles. The molecule has 102 valence electrons. The summed E-state index contributed by atoms with van der Waals surface area (Å²) in [4.78, 5) is 23.9. The van der Waals surface area contributed by atoms with Crippen molar-refractivity contribution in [1.82, 2.24) is 5.32 Å². The van der Waals surface area contributed by atoms with E-state index < -0.39 is 0 Å². The Morgan fingerprint density at radius 1 is 1.28 bits per heavy atom. The fourth-order valence-electron chi connectivity index (χ4n) is 3.94. The van der Waals surface area contributed by atoms with Crippen LogP contribution in [0.4, 0.5) is 0 Å². The average molecular weight is 251 g/mol. The minimum atomic E-state index is -0.0610. The van der Waals surface area contributed by atoms with Gasteiger partial charge in [-0.2, -0.15) is 0 Å². The van der Waals surface area contributed by atoms with E-state index in [9.17, 15) is 9.59 Å². The van der Waals surface area contributed by atoms with Gasteiger partial charge in [-0.05, 0) is 42.9 Å². The van der Waals surface area contributed by atoms with Crippen LogP contribution >= 0.6 is 0 Å². The summed E-state index contributed by atoms with van der Waals surface area (Å²) in [6.07, 6.45) is 5.72. The number of amides is 2. The maximum Gasteiger partial charge on any atom is 0.230 e. The van der Waals surface area contributed by atoms with Crippen LogP contribution < -0.4 is 5.32 Å². The van der Waals surface area contributed by atoms with E-state index in [-0.39, 0.29) is 23.1 Å². The average Bonchev–Trinajstić information content (AvgIpc) is 2.29. The van der Waals surface area contributed by atoms with Crippen LogP contribution in [0.15, 0.2) is 0 Å². The molecule has 3 nitrogen and oxygen atoms in total. The Morgan fingerprint density at radius 2 is 2.00 bits per heavy atom. The van der Waals surface area contributed by atoms with Gasteiger partial charge in [-0.25, -0.2) is 0 Å². The van der Waals surface area contributed by atoms with Gasteiger partial charge in [-0.3, -0.25) is 14.9 Å². The molecule has 4 atom stereocenters. The third-order valence-electron chi connectivity index (χ3n) is 5.21. The van der Waals surface area contributed by atoms with Gasteiger partial charge >= 0.3 is 0 Å². The Balaban J connectivity index is 2.25. The summed E-state index contributed by atoms with van der Waals surface area (Å²) in [5.74, 6) is 1.31. The minimum Gasteiger partial charge on any atom is -0.296 e. The molecular formula is C15H25NO2. The van der Waals surface area contributed by atoms with E-state index in [2.05, 4.69) is 26.1 Å². The van der Waals surface area contributed by atoms with Crippen LogP contribution in [0.25, 0.3) is 0 Å². The molecular weight excluding hydrogens is 226 g/mol. The third kappa shape index (κ3) is 2.32. The minimum absolute atomic E-state index is 0.0187. The van der Waals surface area contributed by atoms with E-state index in [0.717, 1.165) is 38.0 Å². The summed E-state index contributed by atoms with van der Waals surface area (Å²) in [7, 11) is 0. The second-order valence-electron chi connectivity index (χ2n) is 6.49. The second-order valence-corrected chi connectivity index (χ2v) is 6.49. The fraction of sp³-hybridized carbons (Fsp3) is 0.867. The molecule has 1 spiro atoms. The van der Waals surface area contributed by atoms with Crippen molar-refractivity contribution < 1.29 is 9.59 Å². The van der Waals surface area contributed by atoms with Gasteiger partial charge < -0.3 is 0 Å². The molecule has 18 heavy (non-hydrogen) atoms. The Morgan fingerprint density at radius 3 is 2.61 bits per heavy atom. The third-order valence-corrected chi connectivity index (χ3v) is 5.21. The highest BCUT2D eigenvalue weighted by molar-refractivity contribution is 5.99. The predicted molar refractivity (Wildman–Crippen MR) is 70.8 cm³/mol. The first kappa shape index (κ1) is 13.6. The monoisotopic (exact) mass is 251 g/mol. The predicted octanol–water partition coefficient (Wildman–Crippen LogP) is 2.89. The van der Waals surface area contributed by atoms with Crippen molar-refractivity contribution in [1.29, 1.82) is 0 Å². The zero-order valence-corrected chi connectivity index (χ0v) is 11.8. The summed E-state index contributed by atoms with van der Waals surface area (Å²) in [6, 6.07) is 0. The van der Waals surface area contributed by atoms with Gasteiger partial charge in [0.25, 0.3) is 0 Å². The van der Waals surface area contributed by atoms with Gasteiger partial charge in [0.05, 0.1) is 0 Å². The number of hydrogen-bond donors (Lipinski definition) is 1. The first-order valence-electron chi connectivity index (χ1n) is 7.32.